The molecule has 0 radical (unpaired) electrons. The van der Waals surface area contributed by atoms with Crippen LogP contribution in [0.5, 0.6) is 0 Å². The van der Waals surface area contributed by atoms with Crippen LogP contribution in [0, 0.1) is 6.92 Å². The first kappa shape index (κ1) is 14.0. The molecule has 2 nitrogen and oxygen atoms in total. The van der Waals surface area contributed by atoms with Crippen molar-refractivity contribution in [3.05, 3.63) is 58.1 Å². The van der Waals surface area contributed by atoms with Gasteiger partial charge in [0.15, 0.2) is 0 Å². The first-order valence-electron chi connectivity index (χ1n) is 6.64. The van der Waals surface area contributed by atoms with E-state index in [2.05, 4.69) is 48.1 Å². The number of benzene rings is 1. The van der Waals surface area contributed by atoms with E-state index in [1.54, 1.807) is 0 Å². The molecule has 0 aliphatic rings. The van der Waals surface area contributed by atoms with Crippen LogP contribution in [-0.4, -0.2) is 9.97 Å². The van der Waals surface area contributed by atoms with Crippen molar-refractivity contribution < 1.29 is 0 Å². The summed E-state index contributed by atoms with van der Waals surface area (Å²) < 4.78 is 0. The number of hydrogen-bond donors (Lipinski definition) is 0. The molecule has 0 aliphatic carbocycles. The van der Waals surface area contributed by atoms with Crippen molar-refractivity contribution in [2.75, 3.05) is 0 Å². The molecule has 0 amide bonds. The summed E-state index contributed by atoms with van der Waals surface area (Å²) in [4.78, 5) is 9.00. The Kier molecular flexibility index (Phi) is 4.54. The van der Waals surface area contributed by atoms with E-state index in [1.807, 2.05) is 13.0 Å². The molecule has 19 heavy (non-hydrogen) atoms. The average molecular weight is 275 g/mol. The molecule has 0 unspecified atom stereocenters. The van der Waals surface area contributed by atoms with Crippen LogP contribution in [-0.2, 0) is 12.8 Å². The normalized spacial score (nSPS) is 11.0. The first-order valence-corrected chi connectivity index (χ1v) is 7.02. The third-order valence-corrected chi connectivity index (χ3v) is 3.48. The maximum absolute atomic E-state index is 6.26. The molecule has 2 aromatic rings. The molecule has 0 saturated carbocycles. The van der Waals surface area contributed by atoms with E-state index in [0.29, 0.717) is 11.1 Å². The number of nitrogens with zero attached hydrogens (tertiary/aromatic N) is 2. The minimum Gasteiger partial charge on any atom is -0.238 e. The average Bonchev–Trinajstić information content (AvgIpc) is 2.36. The fraction of sp³-hybridized carbons (Fsp3) is 0.375. The summed E-state index contributed by atoms with van der Waals surface area (Å²) >= 11 is 6.26. The third-order valence-electron chi connectivity index (χ3n) is 3.19. The SMILES string of the molecule is Cc1nc(CCc2ccccc2)nc(Cl)c1C(C)C. The molecule has 100 valence electrons. The lowest BCUT2D eigenvalue weighted by Crippen LogP contribution is -2.05. The van der Waals surface area contributed by atoms with Crippen LogP contribution in [0.1, 0.15) is 42.4 Å². The van der Waals surface area contributed by atoms with E-state index in [-0.39, 0.29) is 0 Å². The fourth-order valence-corrected chi connectivity index (χ4v) is 2.72. The smallest absolute Gasteiger partial charge is 0.136 e. The van der Waals surface area contributed by atoms with Crippen LogP contribution in [0.2, 0.25) is 5.15 Å². The standard InChI is InChI=1S/C16H19ClN2/c1-11(2)15-12(3)18-14(19-16(15)17)10-9-13-7-5-4-6-8-13/h4-8,11H,9-10H2,1-3H3. The number of rotatable bonds is 4. The van der Waals surface area contributed by atoms with Crippen molar-refractivity contribution in [2.45, 2.75) is 39.5 Å². The Morgan fingerprint density at radius 1 is 1.05 bits per heavy atom. The van der Waals surface area contributed by atoms with Gasteiger partial charge < -0.3 is 0 Å². The molecule has 1 aromatic carbocycles. The van der Waals surface area contributed by atoms with E-state index in [1.165, 1.54) is 5.56 Å². The molecule has 0 bridgehead atoms. The lowest BCUT2D eigenvalue weighted by atomic mass is 10.0. The quantitative estimate of drug-likeness (QED) is 0.775. The molecule has 0 N–H and O–H groups in total. The summed E-state index contributed by atoms with van der Waals surface area (Å²) in [5.74, 6) is 1.19. The Labute approximate surface area is 119 Å². The van der Waals surface area contributed by atoms with Crippen LogP contribution in [0.25, 0.3) is 0 Å². The number of hydrogen-bond acceptors (Lipinski definition) is 2. The first-order chi connectivity index (χ1) is 9.08. The summed E-state index contributed by atoms with van der Waals surface area (Å²) in [6.45, 7) is 6.23. The molecule has 1 aromatic heterocycles. The molecule has 0 atom stereocenters. The molecule has 0 aliphatic heterocycles. The Hall–Kier alpha value is -1.41. The predicted octanol–water partition coefficient (Wildman–Crippen LogP) is 4.35. The van der Waals surface area contributed by atoms with Crippen molar-refractivity contribution in [3.63, 3.8) is 0 Å². The molecular formula is C16H19ClN2. The van der Waals surface area contributed by atoms with Gasteiger partial charge in [-0.15, -0.1) is 0 Å². The zero-order valence-corrected chi connectivity index (χ0v) is 12.4. The number of aryl methyl sites for hydroxylation is 3. The Bertz CT molecular complexity index is 527. The van der Waals surface area contributed by atoms with Gasteiger partial charge in [0.05, 0.1) is 0 Å². The lowest BCUT2D eigenvalue weighted by Gasteiger charge is -2.12. The van der Waals surface area contributed by atoms with Gasteiger partial charge in [0, 0.05) is 17.7 Å². The van der Waals surface area contributed by atoms with Gasteiger partial charge in [0.2, 0.25) is 0 Å². The van der Waals surface area contributed by atoms with Gasteiger partial charge >= 0.3 is 0 Å². The summed E-state index contributed by atoms with van der Waals surface area (Å²) in [5.41, 5.74) is 3.36. The number of aromatic nitrogens is 2. The summed E-state index contributed by atoms with van der Waals surface area (Å²) in [5, 5.41) is 0.602. The van der Waals surface area contributed by atoms with Gasteiger partial charge in [0.25, 0.3) is 0 Å². The monoisotopic (exact) mass is 274 g/mol. The minimum atomic E-state index is 0.357. The van der Waals surface area contributed by atoms with Gasteiger partial charge in [-0.1, -0.05) is 55.8 Å². The second-order valence-corrected chi connectivity index (χ2v) is 5.43. The summed E-state index contributed by atoms with van der Waals surface area (Å²) in [6.07, 6.45) is 1.76. The highest BCUT2D eigenvalue weighted by Crippen LogP contribution is 2.25. The molecular weight excluding hydrogens is 256 g/mol. The van der Waals surface area contributed by atoms with Crippen LogP contribution in [0.3, 0.4) is 0 Å². The van der Waals surface area contributed by atoms with Crippen molar-refractivity contribution in [2.24, 2.45) is 0 Å². The van der Waals surface area contributed by atoms with E-state index in [9.17, 15) is 0 Å². The lowest BCUT2D eigenvalue weighted by molar-refractivity contribution is 0.788. The maximum atomic E-state index is 6.26. The summed E-state index contributed by atoms with van der Waals surface area (Å²) in [6, 6.07) is 10.4. The van der Waals surface area contributed by atoms with Crippen LogP contribution in [0.15, 0.2) is 30.3 Å². The van der Waals surface area contributed by atoms with Gasteiger partial charge in [0.1, 0.15) is 11.0 Å². The fourth-order valence-electron chi connectivity index (χ4n) is 2.27. The number of halogens is 1. The molecule has 3 heteroatoms. The maximum Gasteiger partial charge on any atom is 0.136 e. The van der Waals surface area contributed by atoms with Crippen LogP contribution >= 0.6 is 11.6 Å². The van der Waals surface area contributed by atoms with Crippen LogP contribution in [0.4, 0.5) is 0 Å². The highest BCUT2D eigenvalue weighted by atomic mass is 35.5. The zero-order valence-electron chi connectivity index (χ0n) is 11.7. The van der Waals surface area contributed by atoms with E-state index in [0.717, 1.165) is 29.9 Å². The van der Waals surface area contributed by atoms with E-state index < -0.39 is 0 Å². The zero-order chi connectivity index (χ0) is 13.8. The van der Waals surface area contributed by atoms with Crippen molar-refractivity contribution in [1.82, 2.24) is 9.97 Å². The Morgan fingerprint density at radius 3 is 2.32 bits per heavy atom. The summed E-state index contributed by atoms with van der Waals surface area (Å²) in [7, 11) is 0. The highest BCUT2D eigenvalue weighted by Gasteiger charge is 2.13. The minimum absolute atomic E-state index is 0.357. The van der Waals surface area contributed by atoms with E-state index in [4.69, 9.17) is 11.6 Å². The highest BCUT2D eigenvalue weighted by molar-refractivity contribution is 6.30. The molecule has 2 rings (SSSR count). The van der Waals surface area contributed by atoms with E-state index >= 15 is 0 Å². The second-order valence-electron chi connectivity index (χ2n) is 5.07. The Balaban J connectivity index is 2.14. The predicted molar refractivity (Wildman–Crippen MR) is 79.7 cm³/mol. The molecule has 0 saturated heterocycles. The molecule has 1 heterocycles. The van der Waals surface area contributed by atoms with Gasteiger partial charge in [-0.05, 0) is 24.8 Å². The van der Waals surface area contributed by atoms with Crippen molar-refractivity contribution in [1.29, 1.82) is 0 Å². The van der Waals surface area contributed by atoms with Gasteiger partial charge in [-0.2, -0.15) is 0 Å². The van der Waals surface area contributed by atoms with Gasteiger partial charge in [-0.3, -0.25) is 0 Å². The van der Waals surface area contributed by atoms with Crippen molar-refractivity contribution >= 4 is 11.6 Å². The van der Waals surface area contributed by atoms with Crippen LogP contribution < -0.4 is 0 Å². The molecule has 0 fully saturated rings. The largest absolute Gasteiger partial charge is 0.238 e. The topological polar surface area (TPSA) is 25.8 Å². The van der Waals surface area contributed by atoms with Gasteiger partial charge in [-0.25, -0.2) is 9.97 Å². The third kappa shape index (κ3) is 3.54. The molecule has 0 spiro atoms. The Morgan fingerprint density at radius 2 is 1.74 bits per heavy atom. The second kappa shape index (κ2) is 6.16. The van der Waals surface area contributed by atoms with Crippen molar-refractivity contribution in [3.8, 4) is 0 Å².